The van der Waals surface area contributed by atoms with E-state index in [9.17, 15) is 0 Å². The number of nitrogens with zero attached hydrogens (tertiary/aromatic N) is 3. The summed E-state index contributed by atoms with van der Waals surface area (Å²) in [7, 11) is 2.07. The van der Waals surface area contributed by atoms with Crippen molar-refractivity contribution in [2.75, 3.05) is 18.9 Å². The van der Waals surface area contributed by atoms with Gasteiger partial charge in [0, 0.05) is 36.0 Å². The summed E-state index contributed by atoms with van der Waals surface area (Å²) < 4.78 is 4.82. The number of nitrogens with one attached hydrogen (secondary N) is 1. The molecule has 2 aromatic heterocycles. The summed E-state index contributed by atoms with van der Waals surface area (Å²) in [5.74, 6) is 0. The number of aromatic nitrogens is 2. The van der Waals surface area contributed by atoms with Gasteiger partial charge >= 0.3 is 0 Å². The van der Waals surface area contributed by atoms with Crippen LogP contribution in [0.5, 0.6) is 0 Å². The third-order valence-corrected chi connectivity index (χ3v) is 4.31. The average Bonchev–Trinajstić information content (AvgIpc) is 2.90. The zero-order valence-electron chi connectivity index (χ0n) is 10.3. The molecule has 0 saturated carbocycles. The molecule has 0 aliphatic heterocycles. The second-order valence-corrected chi connectivity index (χ2v) is 6.51. The van der Waals surface area contributed by atoms with Crippen LogP contribution in [0.3, 0.4) is 0 Å². The number of thiophene rings is 1. The molecule has 0 spiro atoms. The Hall–Kier alpha value is -0.690. The molecule has 98 valence electrons. The van der Waals surface area contributed by atoms with E-state index in [2.05, 4.69) is 39.8 Å². The van der Waals surface area contributed by atoms with Crippen molar-refractivity contribution >= 4 is 39.5 Å². The number of rotatable bonds is 6. The molecule has 7 heteroatoms. The lowest BCUT2D eigenvalue weighted by Crippen LogP contribution is -2.17. The zero-order chi connectivity index (χ0) is 13.0. The van der Waals surface area contributed by atoms with Gasteiger partial charge in [-0.05, 0) is 26.1 Å². The minimum atomic E-state index is 0.786. The lowest BCUT2D eigenvalue weighted by Gasteiger charge is -2.14. The summed E-state index contributed by atoms with van der Waals surface area (Å²) >= 11 is 8.95. The molecular formula is C11H15ClN4S2. The topological polar surface area (TPSA) is 41.1 Å². The van der Waals surface area contributed by atoms with Gasteiger partial charge in [0.2, 0.25) is 0 Å². The molecule has 0 fully saturated rings. The second kappa shape index (κ2) is 6.47. The molecule has 0 aromatic carbocycles. The highest BCUT2D eigenvalue weighted by molar-refractivity contribution is 7.16. The van der Waals surface area contributed by atoms with E-state index >= 15 is 0 Å². The molecule has 0 bridgehead atoms. The Morgan fingerprint density at radius 3 is 2.89 bits per heavy atom. The van der Waals surface area contributed by atoms with Crippen LogP contribution in [0.4, 0.5) is 5.00 Å². The Balaban J connectivity index is 1.94. The lowest BCUT2D eigenvalue weighted by atomic mass is 10.3. The fourth-order valence-electron chi connectivity index (χ4n) is 1.62. The van der Waals surface area contributed by atoms with E-state index in [1.165, 1.54) is 16.4 Å². The van der Waals surface area contributed by atoms with Crippen molar-refractivity contribution in [3.63, 3.8) is 0 Å². The second-order valence-electron chi connectivity index (χ2n) is 3.96. The lowest BCUT2D eigenvalue weighted by molar-refractivity contribution is 0.318. The summed E-state index contributed by atoms with van der Waals surface area (Å²) in [6.45, 7) is 4.62. The van der Waals surface area contributed by atoms with Crippen LogP contribution in [0.25, 0.3) is 0 Å². The van der Waals surface area contributed by atoms with Crippen molar-refractivity contribution in [1.29, 1.82) is 0 Å². The molecule has 0 aliphatic rings. The van der Waals surface area contributed by atoms with Crippen LogP contribution in [0.2, 0.25) is 4.34 Å². The largest absolute Gasteiger partial charge is 0.374 e. The number of hydrogen-bond acceptors (Lipinski definition) is 6. The van der Waals surface area contributed by atoms with Crippen molar-refractivity contribution in [3.05, 3.63) is 27.0 Å². The number of anilines is 1. The van der Waals surface area contributed by atoms with Gasteiger partial charge in [-0.1, -0.05) is 16.1 Å². The minimum Gasteiger partial charge on any atom is -0.374 e. The van der Waals surface area contributed by atoms with Gasteiger partial charge in [-0.25, -0.2) is 0 Å². The van der Waals surface area contributed by atoms with Gasteiger partial charge in [-0.15, -0.1) is 16.4 Å². The van der Waals surface area contributed by atoms with Crippen LogP contribution in [0.1, 0.15) is 17.5 Å². The Morgan fingerprint density at radius 1 is 1.39 bits per heavy atom. The summed E-state index contributed by atoms with van der Waals surface area (Å²) in [5, 5.41) is 8.50. The first-order valence-electron chi connectivity index (χ1n) is 5.67. The van der Waals surface area contributed by atoms with Gasteiger partial charge in [-0.2, -0.15) is 0 Å². The van der Waals surface area contributed by atoms with E-state index in [4.69, 9.17) is 11.6 Å². The van der Waals surface area contributed by atoms with Crippen molar-refractivity contribution in [2.45, 2.75) is 20.0 Å². The fourth-order valence-corrected chi connectivity index (χ4v) is 3.43. The smallest absolute Gasteiger partial charge is 0.134 e. The van der Waals surface area contributed by atoms with Crippen LogP contribution in [0.15, 0.2) is 12.1 Å². The van der Waals surface area contributed by atoms with Crippen molar-refractivity contribution < 1.29 is 0 Å². The predicted molar refractivity (Wildman–Crippen MR) is 78.6 cm³/mol. The molecule has 0 unspecified atom stereocenters. The van der Waals surface area contributed by atoms with Gasteiger partial charge in [0.1, 0.15) is 10.7 Å². The minimum absolute atomic E-state index is 0.786. The summed E-state index contributed by atoms with van der Waals surface area (Å²) in [6.07, 6.45) is 0. The van der Waals surface area contributed by atoms with Crippen molar-refractivity contribution in [2.24, 2.45) is 0 Å². The highest BCUT2D eigenvalue weighted by atomic mass is 35.5. The zero-order valence-corrected chi connectivity index (χ0v) is 12.7. The molecule has 1 N–H and O–H groups in total. The fraction of sp³-hybridized carbons (Fsp3) is 0.455. The van der Waals surface area contributed by atoms with E-state index in [0.29, 0.717) is 0 Å². The molecule has 4 nitrogen and oxygen atoms in total. The van der Waals surface area contributed by atoms with E-state index in [-0.39, 0.29) is 0 Å². The average molecular weight is 303 g/mol. The van der Waals surface area contributed by atoms with Gasteiger partial charge in [0.15, 0.2) is 0 Å². The van der Waals surface area contributed by atoms with Crippen LogP contribution in [-0.2, 0) is 13.1 Å². The third-order valence-electron chi connectivity index (χ3n) is 2.37. The molecular weight excluding hydrogens is 288 g/mol. The molecule has 0 atom stereocenters. The summed E-state index contributed by atoms with van der Waals surface area (Å²) in [4.78, 5) is 3.47. The maximum atomic E-state index is 5.92. The Bertz CT molecular complexity index is 497. The first-order valence-corrected chi connectivity index (χ1v) is 7.63. The van der Waals surface area contributed by atoms with Gasteiger partial charge in [-0.3, -0.25) is 4.90 Å². The van der Waals surface area contributed by atoms with E-state index < -0.39 is 0 Å². The number of hydrogen-bond donors (Lipinski definition) is 1. The monoisotopic (exact) mass is 302 g/mol. The third kappa shape index (κ3) is 3.65. The molecule has 18 heavy (non-hydrogen) atoms. The van der Waals surface area contributed by atoms with E-state index in [1.54, 1.807) is 11.3 Å². The van der Waals surface area contributed by atoms with Gasteiger partial charge < -0.3 is 5.32 Å². The Labute approximate surface area is 120 Å². The molecule has 2 rings (SSSR count). The van der Waals surface area contributed by atoms with Crippen LogP contribution in [-0.4, -0.2) is 28.1 Å². The van der Waals surface area contributed by atoms with Crippen LogP contribution >= 0.6 is 34.5 Å². The summed E-state index contributed by atoms with van der Waals surface area (Å²) in [5.41, 5.74) is 1.01. The van der Waals surface area contributed by atoms with Crippen LogP contribution in [0, 0.1) is 0 Å². The first-order chi connectivity index (χ1) is 8.69. The molecule has 2 aromatic rings. The SMILES string of the molecule is CCNc1snnc1CN(C)Cc1ccc(Cl)s1. The Kier molecular flexibility index (Phi) is 4.94. The van der Waals surface area contributed by atoms with Gasteiger partial charge in [0.25, 0.3) is 0 Å². The quantitative estimate of drug-likeness (QED) is 0.889. The molecule has 0 aliphatic carbocycles. The molecule has 0 radical (unpaired) electrons. The van der Waals surface area contributed by atoms with E-state index in [1.807, 2.05) is 6.07 Å². The molecule has 0 amide bonds. The van der Waals surface area contributed by atoms with Crippen LogP contribution < -0.4 is 5.32 Å². The molecule has 0 saturated heterocycles. The number of halogens is 1. The maximum absolute atomic E-state index is 5.92. The van der Waals surface area contributed by atoms with Gasteiger partial charge in [0.05, 0.1) is 4.34 Å². The standard InChI is InChI=1S/C11H15ClN4S2/c1-3-13-11-9(14-15-18-11)7-16(2)6-8-4-5-10(12)17-8/h4-5,13H,3,6-7H2,1-2H3. The summed E-state index contributed by atoms with van der Waals surface area (Å²) in [6, 6.07) is 4.00. The predicted octanol–water partition coefficient (Wildman–Crippen LogP) is 3.32. The Morgan fingerprint density at radius 2 is 2.22 bits per heavy atom. The molecule has 2 heterocycles. The highest BCUT2D eigenvalue weighted by Gasteiger charge is 2.10. The normalized spacial score (nSPS) is 11.1. The van der Waals surface area contributed by atoms with E-state index in [0.717, 1.165) is 34.7 Å². The maximum Gasteiger partial charge on any atom is 0.134 e. The van der Waals surface area contributed by atoms with Crippen molar-refractivity contribution in [3.8, 4) is 0 Å². The highest BCUT2D eigenvalue weighted by Crippen LogP contribution is 2.24. The van der Waals surface area contributed by atoms with Crippen molar-refractivity contribution in [1.82, 2.24) is 14.5 Å². The first kappa shape index (κ1) is 13.7.